The Morgan fingerprint density at radius 1 is 1.26 bits per heavy atom. The molecular formula is C18H29FN4. The molecule has 128 valence electrons. The van der Waals surface area contributed by atoms with Crippen LogP contribution in [0, 0.1) is 11.7 Å². The molecule has 1 aliphatic rings. The van der Waals surface area contributed by atoms with Crippen LogP contribution in [0.15, 0.2) is 29.3 Å². The lowest BCUT2D eigenvalue weighted by Crippen LogP contribution is -2.44. The van der Waals surface area contributed by atoms with E-state index in [-0.39, 0.29) is 5.82 Å². The van der Waals surface area contributed by atoms with Gasteiger partial charge < -0.3 is 15.5 Å². The van der Waals surface area contributed by atoms with Crippen LogP contribution in [0.1, 0.15) is 32.3 Å². The molecule has 2 N–H and O–H groups in total. The van der Waals surface area contributed by atoms with Crippen molar-refractivity contribution in [3.8, 4) is 0 Å². The van der Waals surface area contributed by atoms with Crippen molar-refractivity contribution < 1.29 is 4.39 Å². The molecule has 1 fully saturated rings. The van der Waals surface area contributed by atoms with Crippen LogP contribution in [-0.4, -0.2) is 43.6 Å². The Balaban J connectivity index is 1.85. The van der Waals surface area contributed by atoms with E-state index in [1.54, 1.807) is 12.1 Å². The molecular weight excluding hydrogens is 291 g/mol. The standard InChI is InChI=1S/C18H29FN4/c1-3-20-18(21-12-15-7-9-17(19)10-8-15)22-13-16-6-5-11-23(4-2)14-16/h7-10,16H,3-6,11-14H2,1-2H3,(H2,20,21,22). The largest absolute Gasteiger partial charge is 0.357 e. The van der Waals surface area contributed by atoms with E-state index < -0.39 is 0 Å². The smallest absolute Gasteiger partial charge is 0.191 e. The van der Waals surface area contributed by atoms with Gasteiger partial charge in [-0.25, -0.2) is 9.38 Å². The highest BCUT2D eigenvalue weighted by atomic mass is 19.1. The van der Waals surface area contributed by atoms with Gasteiger partial charge in [-0.1, -0.05) is 19.1 Å². The predicted molar refractivity (Wildman–Crippen MR) is 94.1 cm³/mol. The van der Waals surface area contributed by atoms with Crippen molar-refractivity contribution in [3.05, 3.63) is 35.6 Å². The van der Waals surface area contributed by atoms with E-state index >= 15 is 0 Å². The second-order valence-corrected chi connectivity index (χ2v) is 6.10. The minimum atomic E-state index is -0.208. The number of halogens is 1. The second kappa shape index (κ2) is 9.50. The first kappa shape index (κ1) is 17.7. The molecule has 1 atom stereocenters. The molecule has 1 heterocycles. The molecule has 1 aliphatic heterocycles. The summed E-state index contributed by atoms with van der Waals surface area (Å²) in [6, 6.07) is 6.52. The van der Waals surface area contributed by atoms with Gasteiger partial charge in [0, 0.05) is 19.6 Å². The Morgan fingerprint density at radius 3 is 2.74 bits per heavy atom. The molecule has 1 saturated heterocycles. The highest BCUT2D eigenvalue weighted by Crippen LogP contribution is 2.15. The topological polar surface area (TPSA) is 39.7 Å². The lowest BCUT2D eigenvalue weighted by atomic mass is 9.98. The zero-order valence-corrected chi connectivity index (χ0v) is 14.3. The molecule has 0 radical (unpaired) electrons. The molecule has 0 bridgehead atoms. The second-order valence-electron chi connectivity index (χ2n) is 6.10. The van der Waals surface area contributed by atoms with Crippen molar-refractivity contribution in [2.75, 3.05) is 32.7 Å². The van der Waals surface area contributed by atoms with E-state index in [1.807, 2.05) is 0 Å². The van der Waals surface area contributed by atoms with Crippen LogP contribution in [0.3, 0.4) is 0 Å². The van der Waals surface area contributed by atoms with Gasteiger partial charge in [0.2, 0.25) is 0 Å². The number of benzene rings is 1. The molecule has 4 nitrogen and oxygen atoms in total. The van der Waals surface area contributed by atoms with E-state index in [4.69, 9.17) is 0 Å². The first-order chi connectivity index (χ1) is 11.2. The molecule has 1 aromatic rings. The van der Waals surface area contributed by atoms with E-state index in [0.29, 0.717) is 12.5 Å². The number of guanidine groups is 1. The maximum absolute atomic E-state index is 12.9. The summed E-state index contributed by atoms with van der Waals surface area (Å²) in [6.07, 6.45) is 2.56. The quantitative estimate of drug-likeness (QED) is 0.625. The lowest BCUT2D eigenvalue weighted by Gasteiger charge is -2.32. The Bertz CT molecular complexity index is 486. The summed E-state index contributed by atoms with van der Waals surface area (Å²) in [6.45, 7) is 10.2. The third kappa shape index (κ3) is 6.18. The fraction of sp³-hybridized carbons (Fsp3) is 0.611. The first-order valence-corrected chi connectivity index (χ1v) is 8.70. The fourth-order valence-electron chi connectivity index (χ4n) is 2.95. The van der Waals surface area contributed by atoms with Crippen LogP contribution in [0.25, 0.3) is 0 Å². The number of hydrogen-bond donors (Lipinski definition) is 2. The van der Waals surface area contributed by atoms with Gasteiger partial charge in [-0.2, -0.15) is 0 Å². The Morgan fingerprint density at radius 2 is 2.04 bits per heavy atom. The van der Waals surface area contributed by atoms with Gasteiger partial charge in [-0.3, -0.25) is 0 Å². The molecule has 23 heavy (non-hydrogen) atoms. The molecule has 5 heteroatoms. The van der Waals surface area contributed by atoms with Crippen molar-refractivity contribution in [1.29, 1.82) is 0 Å². The van der Waals surface area contributed by atoms with Gasteiger partial charge >= 0.3 is 0 Å². The number of piperidine rings is 1. The van der Waals surface area contributed by atoms with Gasteiger partial charge in [0.05, 0.1) is 6.54 Å². The fourth-order valence-corrected chi connectivity index (χ4v) is 2.95. The summed E-state index contributed by atoms with van der Waals surface area (Å²) in [5.74, 6) is 1.31. The van der Waals surface area contributed by atoms with Crippen molar-refractivity contribution >= 4 is 5.96 Å². The number of aliphatic imine (C=N–C) groups is 1. The zero-order valence-electron chi connectivity index (χ0n) is 14.3. The molecule has 0 spiro atoms. The normalized spacial score (nSPS) is 19.6. The summed E-state index contributed by atoms with van der Waals surface area (Å²) in [5, 5.41) is 6.74. The lowest BCUT2D eigenvalue weighted by molar-refractivity contribution is 0.183. The minimum absolute atomic E-state index is 0.208. The molecule has 1 unspecified atom stereocenters. The number of likely N-dealkylation sites (tertiary alicyclic amines) is 1. The SMILES string of the molecule is CCNC(=NCc1ccc(F)cc1)NCC1CCCN(CC)C1. The summed E-state index contributed by atoms with van der Waals surface area (Å²) >= 11 is 0. The summed E-state index contributed by atoms with van der Waals surface area (Å²) in [4.78, 5) is 7.11. The van der Waals surface area contributed by atoms with Gasteiger partial charge in [-0.05, 0) is 56.5 Å². The van der Waals surface area contributed by atoms with Crippen LogP contribution in [0.2, 0.25) is 0 Å². The Kier molecular flexibility index (Phi) is 7.33. The number of nitrogens with one attached hydrogen (secondary N) is 2. The average molecular weight is 320 g/mol. The maximum atomic E-state index is 12.9. The monoisotopic (exact) mass is 320 g/mol. The maximum Gasteiger partial charge on any atom is 0.191 e. The van der Waals surface area contributed by atoms with Crippen molar-refractivity contribution in [2.45, 2.75) is 33.2 Å². The van der Waals surface area contributed by atoms with Crippen LogP contribution in [0.5, 0.6) is 0 Å². The van der Waals surface area contributed by atoms with E-state index in [9.17, 15) is 4.39 Å². The van der Waals surface area contributed by atoms with Gasteiger partial charge in [0.15, 0.2) is 5.96 Å². The number of nitrogens with zero attached hydrogens (tertiary/aromatic N) is 2. The number of rotatable bonds is 6. The Labute approximate surface area is 139 Å². The molecule has 0 amide bonds. The zero-order chi connectivity index (χ0) is 16.5. The summed E-state index contributed by atoms with van der Waals surface area (Å²) in [7, 11) is 0. The third-order valence-corrected chi connectivity index (χ3v) is 4.29. The van der Waals surface area contributed by atoms with Gasteiger partial charge in [0.25, 0.3) is 0 Å². The highest BCUT2D eigenvalue weighted by Gasteiger charge is 2.18. The van der Waals surface area contributed by atoms with Crippen molar-refractivity contribution in [3.63, 3.8) is 0 Å². The Hall–Kier alpha value is -1.62. The third-order valence-electron chi connectivity index (χ3n) is 4.29. The molecule has 0 saturated carbocycles. The summed E-state index contributed by atoms with van der Waals surface area (Å²) < 4.78 is 12.9. The van der Waals surface area contributed by atoms with Crippen LogP contribution < -0.4 is 10.6 Å². The molecule has 2 rings (SSSR count). The van der Waals surface area contributed by atoms with Crippen LogP contribution >= 0.6 is 0 Å². The first-order valence-electron chi connectivity index (χ1n) is 8.70. The highest BCUT2D eigenvalue weighted by molar-refractivity contribution is 5.79. The van der Waals surface area contributed by atoms with Crippen LogP contribution in [-0.2, 0) is 6.54 Å². The van der Waals surface area contributed by atoms with E-state index in [1.165, 1.54) is 38.1 Å². The van der Waals surface area contributed by atoms with E-state index in [2.05, 4.69) is 34.4 Å². The molecule has 1 aromatic carbocycles. The van der Waals surface area contributed by atoms with E-state index in [0.717, 1.165) is 31.2 Å². The molecule has 0 aliphatic carbocycles. The average Bonchev–Trinajstić information content (AvgIpc) is 2.59. The number of hydrogen-bond acceptors (Lipinski definition) is 2. The van der Waals surface area contributed by atoms with Gasteiger partial charge in [-0.15, -0.1) is 0 Å². The summed E-state index contributed by atoms with van der Waals surface area (Å²) in [5.41, 5.74) is 1.01. The van der Waals surface area contributed by atoms with Gasteiger partial charge in [0.1, 0.15) is 5.82 Å². The van der Waals surface area contributed by atoms with Crippen LogP contribution in [0.4, 0.5) is 4.39 Å². The molecule has 0 aromatic heterocycles. The van der Waals surface area contributed by atoms with Crippen molar-refractivity contribution in [2.24, 2.45) is 10.9 Å². The minimum Gasteiger partial charge on any atom is -0.357 e. The predicted octanol–water partition coefficient (Wildman–Crippen LogP) is 2.61. The van der Waals surface area contributed by atoms with Crippen molar-refractivity contribution in [1.82, 2.24) is 15.5 Å².